The Morgan fingerprint density at radius 2 is 0.850 bits per heavy atom. The normalized spacial score (nSPS) is 8.00. The van der Waals surface area contributed by atoms with Gasteiger partial charge in [0.2, 0.25) is 0 Å². The molecule has 0 amide bonds. The first kappa shape index (κ1) is 33.4. The zero-order chi connectivity index (χ0) is 17.8. The molecule has 0 aromatic heterocycles. The van der Waals surface area contributed by atoms with Crippen LogP contribution in [0.25, 0.3) is 0 Å². The van der Waals surface area contributed by atoms with Gasteiger partial charge in [0.25, 0.3) is 3.25 Å². The van der Waals surface area contributed by atoms with Crippen LogP contribution >= 0.6 is 91.2 Å². The molecule has 0 aromatic carbocycles. The van der Waals surface area contributed by atoms with Gasteiger partial charge in [0.1, 0.15) is 11.6 Å². The summed E-state index contributed by atoms with van der Waals surface area (Å²) in [4.78, 5) is 18.9. The number of carbonyl (C=O) groups excluding carboxylic acids is 2. The molecule has 0 saturated heterocycles. The van der Waals surface area contributed by atoms with Crippen molar-refractivity contribution in [3.05, 3.63) is 0 Å². The van der Waals surface area contributed by atoms with Crippen molar-refractivity contribution < 1.29 is 9.59 Å². The molecule has 0 bridgehead atoms. The largest absolute Gasteiger partial charge is 0.300 e. The predicted octanol–water partition coefficient (Wildman–Crippen LogP) is 6.79. The summed E-state index contributed by atoms with van der Waals surface area (Å²) in [5, 5.41) is 0.194. The zero-order valence-electron chi connectivity index (χ0n) is 12.1. The van der Waals surface area contributed by atoms with Gasteiger partial charge in [0.05, 0.1) is 5.34 Å². The van der Waals surface area contributed by atoms with Gasteiger partial charge >= 0.3 is 0 Å². The van der Waals surface area contributed by atoms with E-state index < -0.39 is 3.25 Å². The van der Waals surface area contributed by atoms with E-state index in [0.717, 1.165) is 0 Å². The van der Waals surface area contributed by atoms with Gasteiger partial charge in [-0.15, -0.1) is 23.2 Å². The molecule has 0 spiro atoms. The molecule has 0 N–H and O–H groups in total. The average Bonchev–Trinajstić information content (AvgIpc) is 2.14. The van der Waals surface area contributed by atoms with Gasteiger partial charge in [-0.1, -0.05) is 68.0 Å². The molecule has 2 nitrogen and oxygen atoms in total. The smallest absolute Gasteiger partial charge is 0.266 e. The number of halogens is 6. The Morgan fingerprint density at radius 3 is 0.850 bits per heavy atom. The number of Topliss-reactive ketones (excluding diaryl/α,β-unsaturated/α-hetero) is 2. The van der Waals surface area contributed by atoms with Crippen molar-refractivity contribution in [2.24, 2.45) is 0 Å². The van der Waals surface area contributed by atoms with E-state index >= 15 is 0 Å². The topological polar surface area (TPSA) is 34.1 Å². The molecule has 0 aliphatic heterocycles. The van der Waals surface area contributed by atoms with Crippen LogP contribution < -0.4 is 0 Å². The van der Waals surface area contributed by atoms with Crippen LogP contribution in [-0.4, -0.2) is 32.7 Å². The molecule has 0 fully saturated rings. The second kappa shape index (κ2) is 28.9. The van der Waals surface area contributed by atoms with E-state index in [0.29, 0.717) is 0 Å². The summed E-state index contributed by atoms with van der Waals surface area (Å²) in [6.45, 7) is 6.11. The lowest BCUT2D eigenvalue weighted by Crippen LogP contribution is -1.81. The van der Waals surface area contributed by atoms with E-state index in [-0.39, 0.29) is 16.9 Å². The van der Waals surface area contributed by atoms with Crippen LogP contribution in [0.4, 0.5) is 0 Å². The lowest BCUT2D eigenvalue weighted by Gasteiger charge is -1.91. The number of alkyl halides is 6. The summed E-state index contributed by atoms with van der Waals surface area (Å²) >= 11 is 28.8. The summed E-state index contributed by atoms with van der Waals surface area (Å²) in [6.07, 6.45) is 4.12. The van der Waals surface area contributed by atoms with Crippen LogP contribution in [0.15, 0.2) is 0 Å². The van der Waals surface area contributed by atoms with Crippen LogP contribution in [-0.2, 0) is 9.59 Å². The molecule has 20 heavy (non-hydrogen) atoms. The van der Waals surface area contributed by atoms with E-state index in [2.05, 4.69) is 12.5 Å². The first-order valence-corrected chi connectivity index (χ1v) is 10.2. The second-order valence-electron chi connectivity index (χ2n) is 2.68. The second-order valence-corrected chi connectivity index (χ2v) is 9.58. The minimum Gasteiger partial charge on any atom is -0.300 e. The minimum atomic E-state index is -1.61. The molecule has 0 heterocycles. The lowest BCUT2D eigenvalue weighted by molar-refractivity contribution is -0.115. The minimum absolute atomic E-state index is 0.167. The van der Waals surface area contributed by atoms with Gasteiger partial charge in [-0.25, -0.2) is 0 Å². The molecule has 0 aromatic rings. The van der Waals surface area contributed by atoms with Gasteiger partial charge < -0.3 is 9.59 Å². The third kappa shape index (κ3) is 903. The quantitative estimate of drug-likeness (QED) is 0.326. The number of hydrogen-bond donors (Lipinski definition) is 0. The van der Waals surface area contributed by atoms with Crippen molar-refractivity contribution in [2.45, 2.75) is 30.9 Å². The molecule has 0 aliphatic carbocycles. The van der Waals surface area contributed by atoms with Crippen molar-refractivity contribution in [3.63, 3.8) is 0 Å². The summed E-state index contributed by atoms with van der Waals surface area (Å²) in [5.74, 6) is 0.333. The van der Waals surface area contributed by atoms with Crippen molar-refractivity contribution >= 4 is 103 Å². The Labute approximate surface area is 160 Å². The fraction of sp³-hybridized carbons (Fsp3) is 0.800. The maximum absolute atomic E-state index is 9.44. The van der Waals surface area contributed by atoms with Crippen molar-refractivity contribution in [1.29, 1.82) is 0 Å². The van der Waals surface area contributed by atoms with Crippen LogP contribution in [0.3, 0.4) is 0 Å². The van der Waals surface area contributed by atoms with Gasteiger partial charge in [0.15, 0.2) is 0 Å². The predicted molar refractivity (Wildman–Crippen MR) is 102 cm³/mol. The SMILES string of the molecule is CC(C)=O.CC(C)=O.CSSC.ClC(Cl)(Cl)Cl.ClCCl. The van der Waals surface area contributed by atoms with Gasteiger partial charge in [0, 0.05) is 0 Å². The molecule has 10 heteroatoms. The van der Waals surface area contributed by atoms with Crippen LogP contribution in [0.1, 0.15) is 27.7 Å². The molecule has 0 radical (unpaired) electrons. The highest BCUT2D eigenvalue weighted by molar-refractivity contribution is 8.76. The fourth-order valence-corrected chi connectivity index (χ4v) is 0. The third-order valence-electron chi connectivity index (χ3n) is 0.167. The van der Waals surface area contributed by atoms with E-state index in [1.54, 1.807) is 21.6 Å². The average molecular weight is 449 g/mol. The Hall–Kier alpha value is 1.78. The Kier molecular flexibility index (Phi) is 48.2. The molecule has 0 aliphatic rings. The highest BCUT2D eigenvalue weighted by Gasteiger charge is 2.11. The van der Waals surface area contributed by atoms with Crippen LogP contribution in [0, 0.1) is 0 Å². The molecular formula is C10H20Cl6O2S2. The van der Waals surface area contributed by atoms with Crippen molar-refractivity contribution in [1.82, 2.24) is 0 Å². The molecule has 126 valence electrons. The fourth-order valence-electron chi connectivity index (χ4n) is 0. The Balaban J connectivity index is -0.0000000473. The van der Waals surface area contributed by atoms with E-state index in [1.165, 1.54) is 27.7 Å². The maximum atomic E-state index is 9.44. The Bertz CT molecular complexity index is 173. The first-order chi connectivity index (χ1) is 8.79. The van der Waals surface area contributed by atoms with Crippen molar-refractivity contribution in [3.8, 4) is 0 Å². The van der Waals surface area contributed by atoms with Gasteiger partial charge in [-0.2, -0.15) is 0 Å². The molecule has 0 rings (SSSR count). The van der Waals surface area contributed by atoms with Gasteiger partial charge in [-0.3, -0.25) is 0 Å². The molecule has 0 unspecified atom stereocenters. The van der Waals surface area contributed by atoms with E-state index in [9.17, 15) is 9.59 Å². The highest BCUT2D eigenvalue weighted by Crippen LogP contribution is 2.29. The lowest BCUT2D eigenvalue weighted by atomic mass is 10.6. The summed E-state index contributed by atoms with van der Waals surface area (Å²) in [6, 6.07) is 0. The monoisotopic (exact) mass is 446 g/mol. The van der Waals surface area contributed by atoms with Gasteiger partial charge in [-0.05, 0) is 40.2 Å². The molecule has 0 saturated carbocycles. The summed E-state index contributed by atoms with van der Waals surface area (Å²) < 4.78 is -1.61. The first-order valence-electron chi connectivity index (χ1n) is 4.68. The number of carbonyl (C=O) groups is 2. The number of hydrogen-bond acceptors (Lipinski definition) is 4. The molecular weight excluding hydrogens is 429 g/mol. The van der Waals surface area contributed by atoms with Crippen LogP contribution in [0.2, 0.25) is 0 Å². The summed E-state index contributed by atoms with van der Waals surface area (Å²) in [7, 11) is 3.55. The number of rotatable bonds is 1. The zero-order valence-corrected chi connectivity index (χ0v) is 18.3. The third-order valence-corrected chi connectivity index (χ3v) is 1.50. The standard InChI is InChI=1S/2C3H6O.C2H6S2.CCl4.CH2Cl2/c2*1-3(2)4;1-3-4-2;2-1(3,4)5;2-1-3/h3*1-2H3;;1H2. The number of ketones is 2. The molecule has 0 atom stereocenters. The maximum Gasteiger partial charge on any atom is 0.266 e. The Morgan fingerprint density at radius 1 is 0.800 bits per heavy atom. The van der Waals surface area contributed by atoms with Crippen LogP contribution in [0.5, 0.6) is 0 Å². The van der Waals surface area contributed by atoms with E-state index in [1.807, 2.05) is 0 Å². The summed E-state index contributed by atoms with van der Waals surface area (Å²) in [5.41, 5.74) is 0. The highest BCUT2D eigenvalue weighted by atomic mass is 35.6. The van der Waals surface area contributed by atoms with Crippen molar-refractivity contribution in [2.75, 3.05) is 17.9 Å². The van der Waals surface area contributed by atoms with E-state index in [4.69, 9.17) is 69.6 Å².